The lowest BCUT2D eigenvalue weighted by atomic mass is 10.1. The van der Waals surface area contributed by atoms with Crippen LogP contribution in [0.1, 0.15) is 26.9 Å². The van der Waals surface area contributed by atoms with Crippen molar-refractivity contribution in [2.45, 2.75) is 12.8 Å². The quantitative estimate of drug-likeness (QED) is 0.551. The first-order chi connectivity index (χ1) is 11.1. The number of hydrogen-bond donors (Lipinski definition) is 1. The highest BCUT2D eigenvalue weighted by molar-refractivity contribution is 7.09. The second kappa shape index (κ2) is 6.57. The van der Waals surface area contributed by atoms with E-state index in [0.717, 1.165) is 10.6 Å². The van der Waals surface area contributed by atoms with Crippen LogP contribution in [0, 0.1) is 5.82 Å². The van der Waals surface area contributed by atoms with Crippen LogP contribution in [0.25, 0.3) is 0 Å². The highest BCUT2D eigenvalue weighted by atomic mass is 32.1. The predicted molar refractivity (Wildman–Crippen MR) is 80.7 cm³/mol. The number of ketones is 2. The van der Waals surface area contributed by atoms with Gasteiger partial charge in [-0.1, -0.05) is 12.1 Å². The van der Waals surface area contributed by atoms with Crippen molar-refractivity contribution in [1.29, 1.82) is 0 Å². The van der Waals surface area contributed by atoms with E-state index in [0.29, 0.717) is 12.1 Å². The molecule has 3 rings (SSSR count). The van der Waals surface area contributed by atoms with Gasteiger partial charge in [-0.2, -0.15) is 0 Å². The molecule has 2 heterocycles. The molecule has 0 saturated heterocycles. The van der Waals surface area contributed by atoms with E-state index in [4.69, 9.17) is 0 Å². The van der Waals surface area contributed by atoms with Gasteiger partial charge in [-0.25, -0.2) is 14.4 Å². The first-order valence-electron chi connectivity index (χ1n) is 6.73. The number of aromatic nitrogens is 4. The molecule has 116 valence electrons. The molecule has 2 aromatic heterocycles. The van der Waals surface area contributed by atoms with Crippen molar-refractivity contribution < 1.29 is 14.0 Å². The molecule has 0 unspecified atom stereocenters. The monoisotopic (exact) mass is 330 g/mol. The standard InChI is InChI=1S/C15H11FN4O2S/c16-10-3-1-2-9(4-10)5-13-19-11(7-23-13)6-12(21)14(22)15-17-8-18-20-15/h1-4,7-8H,5-6H2,(H,17,18,20). The minimum atomic E-state index is -0.745. The molecular formula is C15H11FN4O2S. The van der Waals surface area contributed by atoms with Crippen LogP contribution in [-0.4, -0.2) is 31.7 Å². The first-order valence-corrected chi connectivity index (χ1v) is 7.61. The van der Waals surface area contributed by atoms with Gasteiger partial charge in [0, 0.05) is 11.8 Å². The summed E-state index contributed by atoms with van der Waals surface area (Å²) in [5.41, 5.74) is 1.31. The minimum Gasteiger partial charge on any atom is -0.290 e. The number of rotatable bonds is 6. The molecule has 23 heavy (non-hydrogen) atoms. The van der Waals surface area contributed by atoms with Gasteiger partial charge < -0.3 is 0 Å². The maximum atomic E-state index is 13.2. The number of Topliss-reactive ketones (excluding diaryl/α,β-unsaturated/α-hetero) is 2. The van der Waals surface area contributed by atoms with Gasteiger partial charge in [0.05, 0.1) is 17.1 Å². The Bertz CT molecular complexity index is 845. The maximum absolute atomic E-state index is 13.2. The van der Waals surface area contributed by atoms with E-state index in [1.807, 2.05) is 6.07 Å². The molecule has 0 aliphatic rings. The molecule has 0 fully saturated rings. The van der Waals surface area contributed by atoms with E-state index in [1.165, 1.54) is 29.8 Å². The summed E-state index contributed by atoms with van der Waals surface area (Å²) in [4.78, 5) is 31.7. The van der Waals surface area contributed by atoms with Gasteiger partial charge in [0.25, 0.3) is 5.78 Å². The Morgan fingerprint density at radius 3 is 2.91 bits per heavy atom. The fourth-order valence-electron chi connectivity index (χ4n) is 2.02. The SMILES string of the molecule is O=C(Cc1csc(Cc2cccc(F)c2)n1)C(=O)c1nc[nH]n1. The maximum Gasteiger partial charge on any atom is 0.267 e. The Labute approximate surface area is 134 Å². The second-order valence-corrected chi connectivity index (χ2v) is 5.73. The van der Waals surface area contributed by atoms with Crippen LogP contribution >= 0.6 is 11.3 Å². The van der Waals surface area contributed by atoms with Gasteiger partial charge in [-0.05, 0) is 17.7 Å². The van der Waals surface area contributed by atoms with E-state index in [2.05, 4.69) is 20.2 Å². The summed E-state index contributed by atoms with van der Waals surface area (Å²) in [6.07, 6.45) is 1.61. The van der Waals surface area contributed by atoms with Crippen molar-refractivity contribution in [3.63, 3.8) is 0 Å². The van der Waals surface area contributed by atoms with Crippen molar-refractivity contribution in [3.05, 3.63) is 63.9 Å². The van der Waals surface area contributed by atoms with Gasteiger partial charge >= 0.3 is 0 Å². The van der Waals surface area contributed by atoms with Gasteiger partial charge in [0.15, 0.2) is 0 Å². The molecule has 1 N–H and O–H groups in total. The van der Waals surface area contributed by atoms with Crippen LogP contribution in [0.15, 0.2) is 36.0 Å². The van der Waals surface area contributed by atoms with E-state index in [-0.39, 0.29) is 18.1 Å². The molecule has 0 atom stereocenters. The molecule has 0 saturated carbocycles. The molecule has 1 aromatic carbocycles. The molecule has 0 amide bonds. The van der Waals surface area contributed by atoms with Crippen molar-refractivity contribution in [2.75, 3.05) is 0 Å². The summed E-state index contributed by atoms with van der Waals surface area (Å²) in [5.74, 6) is -1.81. The number of halogens is 1. The third kappa shape index (κ3) is 3.72. The Morgan fingerprint density at radius 1 is 1.30 bits per heavy atom. The van der Waals surface area contributed by atoms with Gasteiger partial charge in [0.2, 0.25) is 11.6 Å². The van der Waals surface area contributed by atoms with E-state index >= 15 is 0 Å². The Hall–Kier alpha value is -2.74. The Morgan fingerprint density at radius 2 is 2.17 bits per heavy atom. The zero-order valence-electron chi connectivity index (χ0n) is 11.8. The topological polar surface area (TPSA) is 88.6 Å². The lowest BCUT2D eigenvalue weighted by molar-refractivity contribution is -0.114. The van der Waals surface area contributed by atoms with Gasteiger partial charge in [0.1, 0.15) is 12.1 Å². The van der Waals surface area contributed by atoms with Crippen LogP contribution in [-0.2, 0) is 17.6 Å². The number of benzene rings is 1. The fraction of sp³-hybridized carbons (Fsp3) is 0.133. The second-order valence-electron chi connectivity index (χ2n) is 4.79. The molecular weight excluding hydrogens is 319 g/mol. The number of aromatic amines is 1. The molecule has 3 aromatic rings. The molecule has 0 bridgehead atoms. The van der Waals surface area contributed by atoms with Crippen LogP contribution in [0.5, 0.6) is 0 Å². The molecule has 0 aliphatic heterocycles. The highest BCUT2D eigenvalue weighted by Gasteiger charge is 2.21. The normalized spacial score (nSPS) is 10.7. The van der Waals surface area contributed by atoms with Crippen LogP contribution in [0.2, 0.25) is 0 Å². The third-order valence-corrected chi connectivity index (χ3v) is 3.95. The number of nitrogens with zero attached hydrogens (tertiary/aromatic N) is 3. The molecule has 0 radical (unpaired) electrons. The molecule has 0 spiro atoms. The largest absolute Gasteiger partial charge is 0.290 e. The lowest BCUT2D eigenvalue weighted by Crippen LogP contribution is -2.18. The zero-order chi connectivity index (χ0) is 16.2. The summed E-state index contributed by atoms with van der Waals surface area (Å²) in [7, 11) is 0. The van der Waals surface area contributed by atoms with Crippen LogP contribution < -0.4 is 0 Å². The predicted octanol–water partition coefficient (Wildman–Crippen LogP) is 1.99. The van der Waals surface area contributed by atoms with Crippen molar-refractivity contribution in [3.8, 4) is 0 Å². The molecule has 6 nitrogen and oxygen atoms in total. The zero-order valence-corrected chi connectivity index (χ0v) is 12.6. The smallest absolute Gasteiger partial charge is 0.267 e. The van der Waals surface area contributed by atoms with E-state index in [1.54, 1.807) is 11.4 Å². The highest BCUT2D eigenvalue weighted by Crippen LogP contribution is 2.16. The number of carbonyl (C=O) groups excluding carboxylic acids is 2. The summed E-state index contributed by atoms with van der Waals surface area (Å²) in [6, 6.07) is 6.27. The van der Waals surface area contributed by atoms with Gasteiger partial charge in [-0.3, -0.25) is 14.7 Å². The number of thiazole rings is 1. The van der Waals surface area contributed by atoms with Crippen molar-refractivity contribution in [1.82, 2.24) is 20.2 Å². The first kappa shape index (κ1) is 15.2. The molecule has 8 heteroatoms. The van der Waals surface area contributed by atoms with Crippen LogP contribution in [0.3, 0.4) is 0 Å². The number of nitrogens with one attached hydrogen (secondary N) is 1. The third-order valence-electron chi connectivity index (χ3n) is 3.06. The van der Waals surface area contributed by atoms with E-state index in [9.17, 15) is 14.0 Å². The van der Waals surface area contributed by atoms with Crippen LogP contribution in [0.4, 0.5) is 4.39 Å². The fourth-order valence-corrected chi connectivity index (χ4v) is 2.85. The summed E-state index contributed by atoms with van der Waals surface area (Å²) >= 11 is 1.37. The summed E-state index contributed by atoms with van der Waals surface area (Å²) < 4.78 is 13.2. The average Bonchev–Trinajstić information content (AvgIpc) is 3.18. The average molecular weight is 330 g/mol. The molecule has 0 aliphatic carbocycles. The number of carbonyl (C=O) groups is 2. The van der Waals surface area contributed by atoms with E-state index < -0.39 is 11.6 Å². The van der Waals surface area contributed by atoms with Crippen molar-refractivity contribution in [2.24, 2.45) is 0 Å². The van der Waals surface area contributed by atoms with Crippen molar-refractivity contribution >= 4 is 22.9 Å². The Kier molecular flexibility index (Phi) is 4.33. The number of hydrogen-bond acceptors (Lipinski definition) is 6. The number of H-pyrrole nitrogens is 1. The summed E-state index contributed by atoms with van der Waals surface area (Å²) in [6.45, 7) is 0. The summed E-state index contributed by atoms with van der Waals surface area (Å²) in [5, 5.41) is 8.45. The van der Waals surface area contributed by atoms with Gasteiger partial charge in [-0.15, -0.1) is 16.4 Å². The lowest BCUT2D eigenvalue weighted by Gasteiger charge is -1.98. The minimum absolute atomic E-state index is 0.104. The Balaban J connectivity index is 1.65.